The Morgan fingerprint density at radius 2 is 2.14 bits per heavy atom. The van der Waals surface area contributed by atoms with Gasteiger partial charge >= 0.3 is 11.3 Å². The van der Waals surface area contributed by atoms with E-state index in [2.05, 4.69) is 11.6 Å². The van der Waals surface area contributed by atoms with E-state index in [1.165, 1.54) is 12.0 Å². The number of para-hydroxylation sites is 2. The van der Waals surface area contributed by atoms with Gasteiger partial charge in [0.2, 0.25) is 5.91 Å². The summed E-state index contributed by atoms with van der Waals surface area (Å²) in [5.74, 6) is -1.67. The minimum absolute atomic E-state index is 0.218. The van der Waals surface area contributed by atoms with Gasteiger partial charge in [-0.05, 0) is 30.2 Å². The van der Waals surface area contributed by atoms with Gasteiger partial charge in [-0.15, -0.1) is 0 Å². The minimum atomic E-state index is -4.03. The number of rotatable bonds is 4. The standard InChI is InChI=1S/C13H13ClF2N2O3/c1-21-10-5-3-2-4-9(10)18-7-6-8(11(18)19)17-12(20)13(14,15)16/h2-5,8H,6-7H2,1H3,(H,17,20). The second kappa shape index (κ2) is 5.85. The van der Waals surface area contributed by atoms with Crippen LogP contribution in [0.1, 0.15) is 6.42 Å². The Bertz CT molecular complexity index is 563. The lowest BCUT2D eigenvalue weighted by Crippen LogP contribution is -2.46. The maximum absolute atomic E-state index is 12.6. The summed E-state index contributed by atoms with van der Waals surface area (Å²) in [4.78, 5) is 24.7. The van der Waals surface area contributed by atoms with E-state index >= 15 is 0 Å². The largest absolute Gasteiger partial charge is 0.495 e. The zero-order chi connectivity index (χ0) is 15.6. The third kappa shape index (κ3) is 3.24. The van der Waals surface area contributed by atoms with Gasteiger partial charge in [-0.25, -0.2) is 0 Å². The molecule has 1 aromatic carbocycles. The number of hydrogen-bond acceptors (Lipinski definition) is 3. The Kier molecular flexibility index (Phi) is 4.32. The van der Waals surface area contributed by atoms with Crippen LogP contribution in [0.2, 0.25) is 0 Å². The van der Waals surface area contributed by atoms with Gasteiger partial charge in [0.15, 0.2) is 0 Å². The second-order valence-electron chi connectivity index (χ2n) is 4.47. The molecule has 0 aliphatic carbocycles. The fourth-order valence-electron chi connectivity index (χ4n) is 2.15. The SMILES string of the molecule is COc1ccccc1N1CCC(NC(=O)C(F)(F)Cl)C1=O. The molecule has 8 heteroatoms. The molecular weight excluding hydrogens is 306 g/mol. The minimum Gasteiger partial charge on any atom is -0.495 e. The lowest BCUT2D eigenvalue weighted by atomic mass is 10.2. The smallest absolute Gasteiger partial charge is 0.399 e. The Morgan fingerprint density at radius 3 is 2.76 bits per heavy atom. The predicted octanol–water partition coefficient (Wildman–Crippen LogP) is 1.75. The van der Waals surface area contributed by atoms with Crippen molar-refractivity contribution >= 4 is 29.1 Å². The highest BCUT2D eigenvalue weighted by Crippen LogP contribution is 2.31. The van der Waals surface area contributed by atoms with Crippen molar-refractivity contribution in [1.29, 1.82) is 0 Å². The van der Waals surface area contributed by atoms with Gasteiger partial charge in [-0.3, -0.25) is 9.59 Å². The number of carbonyl (C=O) groups excluding carboxylic acids is 2. The van der Waals surface area contributed by atoms with Crippen molar-refractivity contribution in [2.45, 2.75) is 17.8 Å². The summed E-state index contributed by atoms with van der Waals surface area (Å²) >= 11 is 4.62. The predicted molar refractivity (Wildman–Crippen MR) is 72.7 cm³/mol. The molecule has 0 bridgehead atoms. The second-order valence-corrected chi connectivity index (χ2v) is 4.95. The highest BCUT2D eigenvalue weighted by Gasteiger charge is 2.41. The molecule has 114 valence electrons. The van der Waals surface area contributed by atoms with E-state index in [1.807, 2.05) is 5.32 Å². The molecule has 21 heavy (non-hydrogen) atoms. The monoisotopic (exact) mass is 318 g/mol. The number of benzene rings is 1. The summed E-state index contributed by atoms with van der Waals surface area (Å²) in [6, 6.07) is 5.81. The first-order chi connectivity index (χ1) is 9.84. The highest BCUT2D eigenvalue weighted by atomic mass is 35.5. The average molecular weight is 319 g/mol. The number of nitrogens with one attached hydrogen (secondary N) is 1. The number of nitrogens with zero attached hydrogens (tertiary/aromatic N) is 1. The lowest BCUT2D eigenvalue weighted by Gasteiger charge is -2.20. The maximum Gasteiger partial charge on any atom is 0.399 e. The van der Waals surface area contributed by atoms with Crippen molar-refractivity contribution in [2.24, 2.45) is 0 Å². The van der Waals surface area contributed by atoms with Crippen LogP contribution in [0, 0.1) is 0 Å². The molecule has 0 spiro atoms. The summed E-state index contributed by atoms with van der Waals surface area (Å²) in [5, 5.41) is -2.08. The van der Waals surface area contributed by atoms with Gasteiger partial charge in [0.05, 0.1) is 12.8 Å². The summed E-state index contributed by atoms with van der Waals surface area (Å²) < 4.78 is 30.4. The van der Waals surface area contributed by atoms with Crippen LogP contribution in [-0.2, 0) is 9.59 Å². The number of carbonyl (C=O) groups is 2. The summed E-state index contributed by atoms with van der Waals surface area (Å²) in [5.41, 5.74) is 0.527. The van der Waals surface area contributed by atoms with Gasteiger partial charge in [0.25, 0.3) is 0 Å². The Morgan fingerprint density at radius 1 is 1.48 bits per heavy atom. The van der Waals surface area contributed by atoms with Gasteiger partial charge in [0, 0.05) is 6.54 Å². The van der Waals surface area contributed by atoms with Gasteiger partial charge in [-0.1, -0.05) is 12.1 Å². The van der Waals surface area contributed by atoms with E-state index in [0.29, 0.717) is 11.4 Å². The summed E-state index contributed by atoms with van der Waals surface area (Å²) in [6.45, 7) is 0.290. The normalized spacial score (nSPS) is 18.8. The zero-order valence-electron chi connectivity index (χ0n) is 11.1. The van der Waals surface area contributed by atoms with Crippen LogP contribution in [0.3, 0.4) is 0 Å². The third-order valence-electron chi connectivity index (χ3n) is 3.14. The topological polar surface area (TPSA) is 58.6 Å². The van der Waals surface area contributed by atoms with Gasteiger partial charge in [-0.2, -0.15) is 8.78 Å². The number of ether oxygens (including phenoxy) is 1. The first-order valence-electron chi connectivity index (χ1n) is 6.16. The Labute approximate surface area is 124 Å². The van der Waals surface area contributed by atoms with Crippen LogP contribution in [0.5, 0.6) is 5.75 Å². The van der Waals surface area contributed by atoms with E-state index in [-0.39, 0.29) is 13.0 Å². The average Bonchev–Trinajstić information content (AvgIpc) is 2.79. The molecule has 1 heterocycles. The van der Waals surface area contributed by atoms with Crippen molar-refractivity contribution in [1.82, 2.24) is 5.32 Å². The number of halogens is 3. The summed E-state index contributed by atoms with van der Waals surface area (Å²) in [7, 11) is 1.46. The van der Waals surface area contributed by atoms with Gasteiger partial charge < -0.3 is 15.0 Å². The van der Waals surface area contributed by atoms with E-state index in [0.717, 1.165) is 0 Å². The van der Waals surface area contributed by atoms with Crippen LogP contribution in [-0.4, -0.2) is 36.9 Å². The lowest BCUT2D eigenvalue weighted by molar-refractivity contribution is -0.138. The highest BCUT2D eigenvalue weighted by molar-refractivity contribution is 6.32. The van der Waals surface area contributed by atoms with Crippen LogP contribution in [0.15, 0.2) is 24.3 Å². The Balaban J connectivity index is 2.13. The number of anilines is 1. The van der Waals surface area contributed by atoms with Crippen molar-refractivity contribution in [3.63, 3.8) is 0 Å². The molecule has 2 rings (SSSR count). The van der Waals surface area contributed by atoms with E-state index < -0.39 is 23.2 Å². The van der Waals surface area contributed by atoms with Crippen LogP contribution in [0.4, 0.5) is 14.5 Å². The number of amides is 2. The molecule has 1 unspecified atom stereocenters. The van der Waals surface area contributed by atoms with Crippen LogP contribution < -0.4 is 15.0 Å². The quantitative estimate of drug-likeness (QED) is 0.860. The molecule has 1 aliphatic rings. The molecular formula is C13H13ClF2N2O3. The van der Waals surface area contributed by atoms with E-state index in [1.54, 1.807) is 24.3 Å². The molecule has 5 nitrogen and oxygen atoms in total. The fraction of sp³-hybridized carbons (Fsp3) is 0.385. The first kappa shape index (κ1) is 15.5. The molecule has 0 aromatic heterocycles. The maximum atomic E-state index is 12.6. The van der Waals surface area contributed by atoms with Crippen molar-refractivity contribution < 1.29 is 23.1 Å². The number of hydrogen-bond donors (Lipinski definition) is 1. The molecule has 1 atom stereocenters. The number of methoxy groups -OCH3 is 1. The molecule has 1 N–H and O–H groups in total. The Hall–Kier alpha value is -1.89. The molecule has 2 amide bonds. The molecule has 1 aliphatic heterocycles. The van der Waals surface area contributed by atoms with Gasteiger partial charge in [0.1, 0.15) is 11.8 Å². The summed E-state index contributed by atoms with van der Waals surface area (Å²) in [6.07, 6.45) is 0.218. The first-order valence-corrected chi connectivity index (χ1v) is 6.54. The third-order valence-corrected chi connectivity index (χ3v) is 3.32. The molecule has 1 saturated heterocycles. The molecule has 0 saturated carbocycles. The van der Waals surface area contributed by atoms with Crippen molar-refractivity contribution in [2.75, 3.05) is 18.6 Å². The van der Waals surface area contributed by atoms with Crippen LogP contribution in [0.25, 0.3) is 0 Å². The fourth-order valence-corrected chi connectivity index (χ4v) is 2.20. The molecule has 1 aromatic rings. The van der Waals surface area contributed by atoms with E-state index in [9.17, 15) is 18.4 Å². The zero-order valence-corrected chi connectivity index (χ0v) is 11.9. The van der Waals surface area contributed by atoms with Crippen molar-refractivity contribution in [3.05, 3.63) is 24.3 Å². The molecule has 0 radical (unpaired) electrons. The molecule has 1 fully saturated rings. The number of alkyl halides is 3. The van der Waals surface area contributed by atoms with Crippen molar-refractivity contribution in [3.8, 4) is 5.75 Å². The van der Waals surface area contributed by atoms with Crippen LogP contribution >= 0.6 is 11.6 Å². The van der Waals surface area contributed by atoms with E-state index in [4.69, 9.17) is 4.74 Å².